The molecule has 2 N–H and O–H groups in total. The van der Waals surface area contributed by atoms with Crippen LogP contribution in [0.25, 0.3) is 17.0 Å². The van der Waals surface area contributed by atoms with E-state index in [1.54, 1.807) is 54.9 Å². The first kappa shape index (κ1) is 48.0. The number of Topliss-reactive ketones (excluding diaryl/α,β-unsaturated/α-hetero) is 2. The number of amides is 1. The number of rotatable bonds is 13. The summed E-state index contributed by atoms with van der Waals surface area (Å²) < 4.78 is 53.3. The summed E-state index contributed by atoms with van der Waals surface area (Å²) in [5.41, 5.74) is -4.38. The van der Waals surface area contributed by atoms with Crippen molar-refractivity contribution in [2.75, 3.05) is 41.5 Å². The van der Waals surface area contributed by atoms with Gasteiger partial charge in [0.05, 0.1) is 42.6 Å². The van der Waals surface area contributed by atoms with Crippen LogP contribution < -0.4 is 5.32 Å². The van der Waals surface area contributed by atoms with E-state index in [1.807, 2.05) is 47.4 Å². The second kappa shape index (κ2) is 20.2. The van der Waals surface area contributed by atoms with Crippen LogP contribution in [-0.2, 0) is 47.6 Å². The summed E-state index contributed by atoms with van der Waals surface area (Å²) >= 11 is 0. The lowest BCUT2D eigenvalue weighted by atomic mass is 9.73. The van der Waals surface area contributed by atoms with E-state index in [1.165, 1.54) is 21.1 Å². The molecule has 4 rings (SSSR count). The van der Waals surface area contributed by atoms with E-state index in [4.69, 9.17) is 28.4 Å². The number of likely N-dealkylation sites (N-methyl/N-ethyl adjacent to an activating group) is 1. The van der Waals surface area contributed by atoms with Crippen LogP contribution >= 0.6 is 0 Å². The first-order valence-electron chi connectivity index (χ1n) is 20.3. The summed E-state index contributed by atoms with van der Waals surface area (Å²) in [6.45, 7) is 10.8. The number of ether oxygens (including phenoxy) is 6. The lowest BCUT2D eigenvalue weighted by Crippen LogP contribution is -2.64. The Morgan fingerprint density at radius 2 is 1.76 bits per heavy atom. The normalized spacial score (nSPS) is 36.7. The number of esters is 1. The standard InChI is InChI=1S/C44H64FN3O11/c1-12-34-44(7,55-11)37(47-25-49)27(3)35(50)26(2)22-42(5,54-10)39(28(4)38(52)43(6,45)41(53)58-34)59-40-36(51)33(48(8)9)21-31(57-40)24-56-19-15-16-29-20-30-17-13-14-18-32(30)46-23-29/h13-18,20,23,25-28,31,33-34,36-37,39-40,51H,12,19,21-22,24H2,1-11H3,(H,47,49)/b16-15+/t26-,27+,28+,31?,33?,34-,36?,37-,39-,40+,42-,43+,44-/m1/s1. The maximum atomic E-state index is 16.8. The molecule has 2 aliphatic rings. The fourth-order valence-electron chi connectivity index (χ4n) is 8.70. The fourth-order valence-corrected chi connectivity index (χ4v) is 8.70. The number of aliphatic hydroxyl groups is 1. The smallest absolute Gasteiger partial charge is 0.351 e. The topological polar surface area (TPSA) is 172 Å². The predicted octanol–water partition coefficient (Wildman–Crippen LogP) is 4.48. The van der Waals surface area contributed by atoms with E-state index in [9.17, 15) is 24.3 Å². The molecule has 328 valence electrons. The van der Waals surface area contributed by atoms with Gasteiger partial charge in [0.25, 0.3) is 5.67 Å². The molecular weight excluding hydrogens is 765 g/mol. The van der Waals surface area contributed by atoms with Gasteiger partial charge in [-0.05, 0) is 71.8 Å². The number of cyclic esters (lactones) is 1. The molecule has 1 amide bonds. The van der Waals surface area contributed by atoms with Crippen molar-refractivity contribution in [3.63, 3.8) is 0 Å². The van der Waals surface area contributed by atoms with E-state index < -0.39 is 89.2 Å². The second-order valence-corrected chi connectivity index (χ2v) is 16.8. The molecule has 1 aromatic carbocycles. The van der Waals surface area contributed by atoms with Crippen molar-refractivity contribution in [1.82, 2.24) is 15.2 Å². The average molecular weight is 830 g/mol. The summed E-state index contributed by atoms with van der Waals surface area (Å²) in [6.07, 6.45) is 0.692. The number of ketones is 2. The highest BCUT2D eigenvalue weighted by atomic mass is 19.1. The molecule has 3 heterocycles. The molecule has 3 unspecified atom stereocenters. The Hall–Kier alpha value is -3.70. The number of methoxy groups -OCH3 is 2. The monoisotopic (exact) mass is 829 g/mol. The second-order valence-electron chi connectivity index (χ2n) is 16.8. The van der Waals surface area contributed by atoms with Crippen molar-refractivity contribution >= 4 is 40.9 Å². The Kier molecular flexibility index (Phi) is 16.5. The zero-order valence-corrected chi connectivity index (χ0v) is 36.3. The number of fused-ring (bicyclic) bond motifs is 1. The number of benzene rings is 1. The van der Waals surface area contributed by atoms with Crippen LogP contribution in [0.5, 0.6) is 0 Å². The zero-order chi connectivity index (χ0) is 43.9. The van der Waals surface area contributed by atoms with Crippen molar-refractivity contribution in [3.05, 3.63) is 48.2 Å². The number of nitrogens with one attached hydrogen (secondary N) is 1. The number of pyridine rings is 1. The number of aromatic nitrogens is 1. The Balaban J connectivity index is 1.65. The molecule has 0 saturated carbocycles. The Morgan fingerprint density at radius 1 is 1.07 bits per heavy atom. The van der Waals surface area contributed by atoms with Gasteiger partial charge in [0.2, 0.25) is 6.41 Å². The maximum Gasteiger partial charge on any atom is 0.351 e. The Morgan fingerprint density at radius 3 is 2.39 bits per heavy atom. The molecule has 13 atom stereocenters. The maximum absolute atomic E-state index is 16.8. The van der Waals surface area contributed by atoms with Crippen molar-refractivity contribution < 1.29 is 57.1 Å². The first-order chi connectivity index (χ1) is 27.8. The third kappa shape index (κ3) is 10.6. The van der Waals surface area contributed by atoms with Crippen LogP contribution in [0.1, 0.15) is 73.3 Å². The first-order valence-corrected chi connectivity index (χ1v) is 20.3. The van der Waals surface area contributed by atoms with E-state index in [0.29, 0.717) is 12.8 Å². The van der Waals surface area contributed by atoms with Crippen molar-refractivity contribution in [2.45, 2.75) is 127 Å². The fraction of sp³-hybridized carbons (Fsp3) is 0.659. The van der Waals surface area contributed by atoms with Gasteiger partial charge in [0.1, 0.15) is 23.6 Å². The molecule has 2 aliphatic heterocycles. The molecule has 2 saturated heterocycles. The van der Waals surface area contributed by atoms with Gasteiger partial charge >= 0.3 is 5.97 Å². The molecule has 2 fully saturated rings. The largest absolute Gasteiger partial charge is 0.457 e. The highest BCUT2D eigenvalue weighted by Crippen LogP contribution is 2.40. The lowest BCUT2D eigenvalue weighted by molar-refractivity contribution is -0.301. The molecule has 0 spiro atoms. The van der Waals surface area contributed by atoms with Gasteiger partial charge < -0.3 is 43.7 Å². The number of para-hydroxylation sites is 1. The van der Waals surface area contributed by atoms with Gasteiger partial charge in [-0.25, -0.2) is 9.18 Å². The van der Waals surface area contributed by atoms with E-state index in [2.05, 4.69) is 10.3 Å². The van der Waals surface area contributed by atoms with E-state index >= 15 is 4.39 Å². The zero-order valence-electron chi connectivity index (χ0n) is 36.3. The molecule has 0 bridgehead atoms. The highest BCUT2D eigenvalue weighted by Gasteiger charge is 2.56. The molecule has 0 aliphatic carbocycles. The molecule has 2 aromatic rings. The Labute approximate surface area is 347 Å². The third-order valence-electron chi connectivity index (χ3n) is 12.4. The molecule has 59 heavy (non-hydrogen) atoms. The van der Waals surface area contributed by atoms with Gasteiger partial charge in [0.15, 0.2) is 12.1 Å². The number of aliphatic hydroxyl groups excluding tert-OH is 1. The molecular formula is C44H64FN3O11. The molecule has 1 aromatic heterocycles. The number of carbonyl (C=O) groups excluding carboxylic acids is 4. The van der Waals surface area contributed by atoms with Crippen LogP contribution in [0.3, 0.4) is 0 Å². The predicted molar refractivity (Wildman–Crippen MR) is 219 cm³/mol. The summed E-state index contributed by atoms with van der Waals surface area (Å²) in [5.74, 6) is -5.98. The summed E-state index contributed by atoms with van der Waals surface area (Å²) in [6, 6.07) is 8.36. The number of alkyl halides is 1. The minimum Gasteiger partial charge on any atom is -0.457 e. The van der Waals surface area contributed by atoms with E-state index in [0.717, 1.165) is 23.4 Å². The van der Waals surface area contributed by atoms with Crippen LogP contribution in [0.15, 0.2) is 42.6 Å². The van der Waals surface area contributed by atoms with Crippen LogP contribution in [0, 0.1) is 17.8 Å². The molecule has 15 heteroatoms. The van der Waals surface area contributed by atoms with Gasteiger partial charge in [0, 0.05) is 49.6 Å². The van der Waals surface area contributed by atoms with Gasteiger partial charge in [-0.3, -0.25) is 19.4 Å². The summed E-state index contributed by atoms with van der Waals surface area (Å²) in [5, 5.41) is 15.4. The lowest BCUT2D eigenvalue weighted by Gasteiger charge is -2.48. The van der Waals surface area contributed by atoms with Crippen molar-refractivity contribution in [3.8, 4) is 0 Å². The van der Waals surface area contributed by atoms with Gasteiger partial charge in [-0.15, -0.1) is 0 Å². The summed E-state index contributed by atoms with van der Waals surface area (Å²) in [7, 11) is 6.33. The quantitative estimate of drug-likeness (QED) is 0.126. The van der Waals surface area contributed by atoms with Gasteiger partial charge in [-0.1, -0.05) is 58.0 Å². The van der Waals surface area contributed by atoms with Crippen LogP contribution in [0.4, 0.5) is 4.39 Å². The Bertz CT molecular complexity index is 1790. The number of halogens is 1. The highest BCUT2D eigenvalue weighted by molar-refractivity contribution is 6.07. The number of hydrogen-bond donors (Lipinski definition) is 2. The van der Waals surface area contributed by atoms with Crippen molar-refractivity contribution in [2.24, 2.45) is 17.8 Å². The van der Waals surface area contributed by atoms with Crippen LogP contribution in [0.2, 0.25) is 0 Å². The molecule has 0 radical (unpaired) electrons. The average Bonchev–Trinajstić information content (AvgIpc) is 3.22. The SMILES string of the molecule is CC[C@H]1OC(=O)[C@@](C)(F)C(=O)[C@H](C)[C@@H](O[C@@H]2OC(COC/C=C/c3cnc4ccccc4c3)CC(N(C)C)C2O)[C@](C)(OC)C[C@@H](C)C(=O)[C@H](C)[C@@H](NC=O)[C@]1(C)OC. The third-order valence-corrected chi connectivity index (χ3v) is 12.4. The minimum atomic E-state index is -3.19. The van der Waals surface area contributed by atoms with E-state index in [-0.39, 0.29) is 31.8 Å². The van der Waals surface area contributed by atoms with Crippen molar-refractivity contribution in [1.29, 1.82) is 0 Å². The van der Waals surface area contributed by atoms with Gasteiger partial charge in [-0.2, -0.15) is 0 Å². The van der Waals surface area contributed by atoms with Crippen LogP contribution in [-0.4, -0.2) is 140 Å². The summed E-state index contributed by atoms with van der Waals surface area (Å²) in [4.78, 5) is 60.5. The molecule has 14 nitrogen and oxygen atoms in total. The number of hydrogen-bond acceptors (Lipinski definition) is 13. The number of nitrogens with zero attached hydrogens (tertiary/aromatic N) is 2. The number of carbonyl (C=O) groups is 4. The minimum absolute atomic E-state index is 0.0390.